The van der Waals surface area contributed by atoms with Crippen LogP contribution in [0, 0.1) is 11.8 Å². The van der Waals surface area contributed by atoms with Crippen LogP contribution in [0.3, 0.4) is 0 Å². The number of amides is 2. The van der Waals surface area contributed by atoms with Crippen molar-refractivity contribution in [2.24, 2.45) is 11.8 Å². The van der Waals surface area contributed by atoms with E-state index in [-0.39, 0.29) is 24.0 Å². The first kappa shape index (κ1) is 16.3. The second kappa shape index (κ2) is 5.83. The molecular weight excluding hydrogens is 316 g/mol. The van der Waals surface area contributed by atoms with E-state index in [9.17, 15) is 14.7 Å². The Balaban J connectivity index is 1.59. The summed E-state index contributed by atoms with van der Waals surface area (Å²) in [6.07, 6.45) is 1.73. The molecule has 126 valence electrons. The normalized spacial score (nSPS) is 26.6. The maximum atomic E-state index is 12.3. The number of carbonyl (C=O) groups is 2. The molecule has 1 saturated carbocycles. The molecule has 2 heterocycles. The second-order valence-electron chi connectivity index (χ2n) is 7.42. The number of rotatable bonds is 2. The summed E-state index contributed by atoms with van der Waals surface area (Å²) in [7, 11) is 0. The maximum Gasteiger partial charge on any atom is 0.315 e. The van der Waals surface area contributed by atoms with Gasteiger partial charge in [-0.1, -0.05) is 32.1 Å². The van der Waals surface area contributed by atoms with Gasteiger partial charge in [-0.2, -0.15) is 0 Å². The molecule has 2 N–H and O–H groups in total. The fourth-order valence-corrected chi connectivity index (χ4v) is 4.08. The number of nitrogens with one attached hydrogen (secondary N) is 1. The molecule has 7 nitrogen and oxygen atoms in total. The third kappa shape index (κ3) is 3.10. The van der Waals surface area contributed by atoms with Gasteiger partial charge in [0.2, 0.25) is 5.13 Å². The molecule has 1 saturated heterocycles. The van der Waals surface area contributed by atoms with Gasteiger partial charge in [-0.05, 0) is 24.7 Å². The average Bonchev–Trinajstić information content (AvgIpc) is 3.04. The van der Waals surface area contributed by atoms with Crippen molar-refractivity contribution in [1.29, 1.82) is 0 Å². The Hall–Kier alpha value is -1.54. The first-order valence-electron chi connectivity index (χ1n) is 7.86. The average molecular weight is 338 g/mol. The highest BCUT2D eigenvalue weighted by Gasteiger charge is 2.49. The predicted molar refractivity (Wildman–Crippen MR) is 86.0 cm³/mol. The molecule has 1 aromatic heterocycles. The number of anilines is 1. The topological polar surface area (TPSA) is 95.4 Å². The van der Waals surface area contributed by atoms with Crippen molar-refractivity contribution in [2.75, 3.05) is 18.5 Å². The lowest BCUT2D eigenvalue weighted by atomic mass is 9.92. The third-order valence-electron chi connectivity index (χ3n) is 4.59. The lowest BCUT2D eigenvalue weighted by Crippen LogP contribution is -2.58. The van der Waals surface area contributed by atoms with E-state index in [4.69, 9.17) is 0 Å². The monoisotopic (exact) mass is 338 g/mol. The van der Waals surface area contributed by atoms with Crippen molar-refractivity contribution < 1.29 is 14.7 Å². The zero-order chi connectivity index (χ0) is 16.8. The minimum absolute atomic E-state index is 0.102. The summed E-state index contributed by atoms with van der Waals surface area (Å²) in [4.78, 5) is 26.0. The molecule has 2 amide bonds. The van der Waals surface area contributed by atoms with Gasteiger partial charge >= 0.3 is 11.8 Å². The van der Waals surface area contributed by atoms with Crippen LogP contribution in [-0.2, 0) is 15.0 Å². The summed E-state index contributed by atoms with van der Waals surface area (Å²) in [6.45, 7) is 6.81. The van der Waals surface area contributed by atoms with Crippen LogP contribution in [0.5, 0.6) is 0 Å². The fraction of sp³-hybridized carbons (Fsp3) is 0.733. The number of aliphatic hydroxyl groups excluding tert-OH is 1. The SMILES string of the molecule is CC(C)(C)c1nnc(NC(=O)C(=O)N2C[C@@H]3C[C@@H](CO)C[C@@H]32)s1. The number of nitrogens with zero attached hydrogens (tertiary/aromatic N) is 3. The molecule has 2 fully saturated rings. The number of aromatic nitrogens is 2. The van der Waals surface area contributed by atoms with Gasteiger partial charge in [-0.25, -0.2) is 0 Å². The Labute approximate surface area is 139 Å². The first-order valence-corrected chi connectivity index (χ1v) is 8.68. The van der Waals surface area contributed by atoms with E-state index in [0.29, 0.717) is 17.6 Å². The van der Waals surface area contributed by atoms with Crippen molar-refractivity contribution in [1.82, 2.24) is 15.1 Å². The van der Waals surface area contributed by atoms with E-state index in [1.807, 2.05) is 20.8 Å². The number of likely N-dealkylation sites (tertiary alicyclic amines) is 1. The van der Waals surface area contributed by atoms with Crippen molar-refractivity contribution in [2.45, 2.75) is 45.1 Å². The molecule has 23 heavy (non-hydrogen) atoms. The quantitative estimate of drug-likeness (QED) is 0.785. The zero-order valence-corrected chi connectivity index (χ0v) is 14.4. The van der Waals surface area contributed by atoms with Gasteiger partial charge in [-0.15, -0.1) is 10.2 Å². The van der Waals surface area contributed by atoms with Crippen molar-refractivity contribution in [3.05, 3.63) is 5.01 Å². The largest absolute Gasteiger partial charge is 0.396 e. The molecule has 3 rings (SSSR count). The van der Waals surface area contributed by atoms with Gasteiger partial charge in [0.1, 0.15) is 5.01 Å². The van der Waals surface area contributed by atoms with E-state index in [2.05, 4.69) is 15.5 Å². The Morgan fingerprint density at radius 3 is 2.70 bits per heavy atom. The number of aliphatic hydroxyl groups is 1. The van der Waals surface area contributed by atoms with E-state index in [1.165, 1.54) is 11.3 Å². The van der Waals surface area contributed by atoms with E-state index in [1.54, 1.807) is 4.90 Å². The van der Waals surface area contributed by atoms with Crippen LogP contribution >= 0.6 is 11.3 Å². The van der Waals surface area contributed by atoms with Gasteiger partial charge in [0.05, 0.1) is 0 Å². The van der Waals surface area contributed by atoms with Gasteiger partial charge < -0.3 is 10.0 Å². The first-order chi connectivity index (χ1) is 10.8. The van der Waals surface area contributed by atoms with Crippen LogP contribution < -0.4 is 5.32 Å². The highest BCUT2D eigenvalue weighted by molar-refractivity contribution is 7.15. The molecular formula is C15H22N4O3S. The van der Waals surface area contributed by atoms with Crippen molar-refractivity contribution >= 4 is 28.3 Å². The van der Waals surface area contributed by atoms with Crippen LogP contribution in [0.4, 0.5) is 5.13 Å². The number of hydrogen-bond acceptors (Lipinski definition) is 6. The summed E-state index contributed by atoms with van der Waals surface area (Å²) < 4.78 is 0. The molecule has 1 aliphatic carbocycles. The molecule has 0 aromatic carbocycles. The Morgan fingerprint density at radius 1 is 1.35 bits per heavy atom. The zero-order valence-electron chi connectivity index (χ0n) is 13.6. The minimum atomic E-state index is -0.660. The van der Waals surface area contributed by atoms with Crippen LogP contribution in [0.2, 0.25) is 0 Å². The molecule has 0 unspecified atom stereocenters. The third-order valence-corrected chi connectivity index (χ3v) is 5.85. The molecule has 2 aliphatic rings. The molecule has 0 radical (unpaired) electrons. The molecule has 0 bridgehead atoms. The number of hydrogen-bond donors (Lipinski definition) is 2. The standard InChI is InChI=1S/C15H22N4O3S/c1-15(2,3)13-17-18-14(23-13)16-11(21)12(22)19-6-9-4-8(7-20)5-10(9)19/h8-10,20H,4-7H2,1-3H3,(H,16,18,21)/t8-,9+,10+/m1/s1. The van der Waals surface area contributed by atoms with Crippen molar-refractivity contribution in [3.8, 4) is 0 Å². The predicted octanol–water partition coefficient (Wildman–Crippen LogP) is 1.00. The van der Waals surface area contributed by atoms with Gasteiger partial charge in [0.25, 0.3) is 0 Å². The lowest BCUT2D eigenvalue weighted by molar-refractivity contribution is -0.151. The summed E-state index contributed by atoms with van der Waals surface area (Å²) >= 11 is 1.29. The van der Waals surface area contributed by atoms with Gasteiger partial charge in [0.15, 0.2) is 0 Å². The van der Waals surface area contributed by atoms with E-state index < -0.39 is 11.8 Å². The van der Waals surface area contributed by atoms with Gasteiger partial charge in [-0.3, -0.25) is 14.9 Å². The van der Waals surface area contributed by atoms with Crippen LogP contribution in [-0.4, -0.2) is 51.2 Å². The Kier molecular flexibility index (Phi) is 4.14. The van der Waals surface area contributed by atoms with Crippen LogP contribution in [0.25, 0.3) is 0 Å². The number of fused-ring (bicyclic) bond motifs is 1. The summed E-state index contributed by atoms with van der Waals surface area (Å²) in [5.41, 5.74) is -0.140. The smallest absolute Gasteiger partial charge is 0.315 e. The highest BCUT2D eigenvalue weighted by Crippen LogP contribution is 2.42. The van der Waals surface area contributed by atoms with Crippen LogP contribution in [0.15, 0.2) is 0 Å². The summed E-state index contributed by atoms with van der Waals surface area (Å²) in [5, 5.41) is 20.9. The molecule has 1 aliphatic heterocycles. The second-order valence-corrected chi connectivity index (χ2v) is 8.40. The fourth-order valence-electron chi connectivity index (χ4n) is 3.28. The van der Waals surface area contributed by atoms with Crippen LogP contribution in [0.1, 0.15) is 38.6 Å². The Bertz CT molecular complexity index is 624. The minimum Gasteiger partial charge on any atom is -0.396 e. The Morgan fingerprint density at radius 2 is 2.09 bits per heavy atom. The highest BCUT2D eigenvalue weighted by atomic mass is 32.1. The summed E-state index contributed by atoms with van der Waals surface area (Å²) in [6, 6.07) is 0.102. The molecule has 3 atom stereocenters. The maximum absolute atomic E-state index is 12.3. The lowest BCUT2D eigenvalue weighted by Gasteiger charge is -2.43. The molecule has 8 heteroatoms. The van der Waals surface area contributed by atoms with E-state index in [0.717, 1.165) is 17.8 Å². The summed E-state index contributed by atoms with van der Waals surface area (Å²) in [5.74, 6) is -0.494. The number of carbonyl (C=O) groups excluding carboxylic acids is 2. The molecule has 0 spiro atoms. The van der Waals surface area contributed by atoms with Gasteiger partial charge in [0, 0.05) is 24.6 Å². The molecule has 1 aromatic rings. The van der Waals surface area contributed by atoms with E-state index >= 15 is 0 Å². The van der Waals surface area contributed by atoms with Crippen molar-refractivity contribution in [3.63, 3.8) is 0 Å².